The molecule has 0 atom stereocenters. The summed E-state index contributed by atoms with van der Waals surface area (Å²) in [4.78, 5) is 3.18. The Balaban J connectivity index is 2.10. The molecule has 0 spiro atoms. The molecule has 0 aliphatic rings. The van der Waals surface area contributed by atoms with Gasteiger partial charge in [-0.05, 0) is 35.4 Å². The maximum atomic E-state index is 11.3. The summed E-state index contributed by atoms with van der Waals surface area (Å²) in [5, 5.41) is 6.32. The van der Waals surface area contributed by atoms with Crippen molar-refractivity contribution in [2.75, 3.05) is 0 Å². The lowest BCUT2D eigenvalue weighted by atomic mass is 10.0. The molecule has 3 aromatic rings. The highest BCUT2D eigenvalue weighted by Gasteiger charge is 2.15. The third-order valence-corrected chi connectivity index (χ3v) is 4.92. The van der Waals surface area contributed by atoms with Crippen LogP contribution < -0.4 is 5.14 Å². The SMILES string of the molecule is NS(=O)(=O)c1ccc(-c2[nH]cc(Cl)c2-c2ccc(Cl)cc2)cc1. The van der Waals surface area contributed by atoms with E-state index in [4.69, 9.17) is 28.3 Å². The monoisotopic (exact) mass is 366 g/mol. The van der Waals surface area contributed by atoms with Gasteiger partial charge in [0.15, 0.2) is 0 Å². The molecule has 4 nitrogen and oxygen atoms in total. The third-order valence-electron chi connectivity index (χ3n) is 3.44. The van der Waals surface area contributed by atoms with Crippen molar-refractivity contribution < 1.29 is 8.42 Å². The molecule has 1 aromatic heterocycles. The summed E-state index contributed by atoms with van der Waals surface area (Å²) in [6.45, 7) is 0. The number of hydrogen-bond acceptors (Lipinski definition) is 2. The number of primary sulfonamides is 1. The zero-order chi connectivity index (χ0) is 16.6. The van der Waals surface area contributed by atoms with Crippen molar-refractivity contribution in [1.29, 1.82) is 0 Å². The Bertz CT molecular complexity index is 947. The lowest BCUT2D eigenvalue weighted by molar-refractivity contribution is 0.598. The summed E-state index contributed by atoms with van der Waals surface area (Å²) in [6, 6.07) is 13.6. The lowest BCUT2D eigenvalue weighted by Crippen LogP contribution is -2.11. The number of nitrogens with one attached hydrogen (secondary N) is 1. The Morgan fingerprint density at radius 3 is 2.00 bits per heavy atom. The topological polar surface area (TPSA) is 76.0 Å². The van der Waals surface area contributed by atoms with Crippen molar-refractivity contribution in [3.8, 4) is 22.4 Å². The van der Waals surface area contributed by atoms with Crippen LogP contribution in [0.15, 0.2) is 59.6 Å². The van der Waals surface area contributed by atoms with Gasteiger partial charge in [0.25, 0.3) is 0 Å². The van der Waals surface area contributed by atoms with E-state index in [9.17, 15) is 8.42 Å². The number of rotatable bonds is 3. The Morgan fingerprint density at radius 1 is 0.870 bits per heavy atom. The van der Waals surface area contributed by atoms with Gasteiger partial charge in [0, 0.05) is 16.8 Å². The van der Waals surface area contributed by atoms with Crippen LogP contribution in [0.25, 0.3) is 22.4 Å². The fourth-order valence-electron chi connectivity index (χ4n) is 2.34. The highest BCUT2D eigenvalue weighted by Crippen LogP contribution is 2.37. The van der Waals surface area contributed by atoms with E-state index in [1.54, 1.807) is 30.5 Å². The summed E-state index contributed by atoms with van der Waals surface area (Å²) in [6.07, 6.45) is 1.69. The van der Waals surface area contributed by atoms with Crippen molar-refractivity contribution in [1.82, 2.24) is 4.98 Å². The maximum absolute atomic E-state index is 11.3. The number of hydrogen-bond donors (Lipinski definition) is 2. The van der Waals surface area contributed by atoms with Gasteiger partial charge in [-0.1, -0.05) is 47.5 Å². The smallest absolute Gasteiger partial charge is 0.238 e. The van der Waals surface area contributed by atoms with Crippen molar-refractivity contribution in [2.45, 2.75) is 4.90 Å². The van der Waals surface area contributed by atoms with Gasteiger partial charge in [0.05, 0.1) is 15.6 Å². The van der Waals surface area contributed by atoms with Crippen LogP contribution in [-0.2, 0) is 10.0 Å². The molecule has 0 amide bonds. The predicted molar refractivity (Wildman–Crippen MR) is 93.1 cm³/mol. The molecular weight excluding hydrogens is 355 g/mol. The summed E-state index contributed by atoms with van der Waals surface area (Å²) in [5.74, 6) is 0. The van der Waals surface area contributed by atoms with Gasteiger partial charge in [-0.25, -0.2) is 13.6 Å². The van der Waals surface area contributed by atoms with Crippen LogP contribution in [0.5, 0.6) is 0 Å². The first-order chi connectivity index (χ1) is 10.9. The second kappa shape index (κ2) is 6.02. The minimum absolute atomic E-state index is 0.0620. The number of aromatic nitrogens is 1. The minimum Gasteiger partial charge on any atom is -0.359 e. The van der Waals surface area contributed by atoms with E-state index < -0.39 is 10.0 Å². The fraction of sp³-hybridized carbons (Fsp3) is 0. The molecular formula is C16H12Cl2N2O2S. The average molecular weight is 367 g/mol. The number of nitrogens with two attached hydrogens (primary N) is 1. The van der Waals surface area contributed by atoms with Gasteiger partial charge in [0.1, 0.15) is 0 Å². The van der Waals surface area contributed by atoms with Crippen LogP contribution in [0.3, 0.4) is 0 Å². The number of sulfonamides is 1. The molecule has 0 unspecified atom stereocenters. The van der Waals surface area contributed by atoms with Crippen LogP contribution in [-0.4, -0.2) is 13.4 Å². The molecule has 0 fully saturated rings. The Kier molecular flexibility index (Phi) is 4.21. The van der Waals surface area contributed by atoms with E-state index in [1.165, 1.54) is 12.1 Å². The first-order valence-electron chi connectivity index (χ1n) is 6.62. The van der Waals surface area contributed by atoms with Crippen LogP contribution in [0.2, 0.25) is 10.0 Å². The van der Waals surface area contributed by atoms with E-state index in [-0.39, 0.29) is 4.90 Å². The van der Waals surface area contributed by atoms with Gasteiger partial charge in [-0.15, -0.1) is 0 Å². The standard InChI is InChI=1S/C16H12Cl2N2O2S/c17-12-5-1-10(2-6-12)15-14(18)9-20-16(15)11-3-7-13(8-4-11)23(19,21)22/h1-9,20H,(H2,19,21,22). The molecule has 3 N–H and O–H groups in total. The number of H-pyrrole nitrogens is 1. The molecule has 7 heteroatoms. The molecule has 0 radical (unpaired) electrons. The molecule has 0 aliphatic carbocycles. The first kappa shape index (κ1) is 16.1. The van der Waals surface area contributed by atoms with Crippen molar-refractivity contribution in [3.63, 3.8) is 0 Å². The molecule has 0 saturated carbocycles. The van der Waals surface area contributed by atoms with Crippen LogP contribution in [0.1, 0.15) is 0 Å². The Hall–Kier alpha value is -1.79. The number of benzene rings is 2. The molecule has 2 aromatic carbocycles. The molecule has 3 rings (SSSR count). The Morgan fingerprint density at radius 2 is 1.43 bits per heavy atom. The number of halogens is 2. The molecule has 118 valence electrons. The normalized spacial score (nSPS) is 11.6. The predicted octanol–water partition coefficient (Wildman–Crippen LogP) is 4.30. The second-order valence-electron chi connectivity index (χ2n) is 4.96. The van der Waals surface area contributed by atoms with Crippen LogP contribution in [0, 0.1) is 0 Å². The van der Waals surface area contributed by atoms with E-state index in [2.05, 4.69) is 4.98 Å². The molecule has 0 bridgehead atoms. The van der Waals surface area contributed by atoms with Crippen molar-refractivity contribution in [3.05, 3.63) is 64.8 Å². The van der Waals surface area contributed by atoms with E-state index in [1.807, 2.05) is 12.1 Å². The lowest BCUT2D eigenvalue weighted by Gasteiger charge is -2.07. The van der Waals surface area contributed by atoms with E-state index in [0.717, 1.165) is 22.4 Å². The first-order valence-corrected chi connectivity index (χ1v) is 8.92. The second-order valence-corrected chi connectivity index (χ2v) is 7.37. The summed E-state index contributed by atoms with van der Waals surface area (Å²) in [5.41, 5.74) is 3.32. The maximum Gasteiger partial charge on any atom is 0.238 e. The minimum atomic E-state index is -3.71. The fourth-order valence-corrected chi connectivity index (χ4v) is 3.24. The third kappa shape index (κ3) is 3.28. The van der Waals surface area contributed by atoms with Gasteiger partial charge in [-0.3, -0.25) is 0 Å². The molecule has 1 heterocycles. The molecule has 0 aliphatic heterocycles. The summed E-state index contributed by atoms with van der Waals surface area (Å²) < 4.78 is 22.7. The highest BCUT2D eigenvalue weighted by atomic mass is 35.5. The molecule has 23 heavy (non-hydrogen) atoms. The largest absolute Gasteiger partial charge is 0.359 e. The van der Waals surface area contributed by atoms with Gasteiger partial charge in [-0.2, -0.15) is 0 Å². The van der Waals surface area contributed by atoms with Gasteiger partial charge in [0.2, 0.25) is 10.0 Å². The zero-order valence-corrected chi connectivity index (χ0v) is 14.1. The summed E-state index contributed by atoms with van der Waals surface area (Å²) in [7, 11) is -3.71. The molecule has 0 saturated heterocycles. The highest BCUT2D eigenvalue weighted by molar-refractivity contribution is 7.89. The Labute approximate surface area is 143 Å². The average Bonchev–Trinajstić information content (AvgIpc) is 2.89. The number of aromatic amines is 1. The quantitative estimate of drug-likeness (QED) is 0.724. The van der Waals surface area contributed by atoms with Gasteiger partial charge < -0.3 is 4.98 Å². The van der Waals surface area contributed by atoms with Crippen LogP contribution >= 0.6 is 23.2 Å². The van der Waals surface area contributed by atoms with Crippen LogP contribution in [0.4, 0.5) is 0 Å². The zero-order valence-electron chi connectivity index (χ0n) is 11.8. The van der Waals surface area contributed by atoms with E-state index in [0.29, 0.717) is 10.0 Å². The van der Waals surface area contributed by atoms with Gasteiger partial charge >= 0.3 is 0 Å². The van der Waals surface area contributed by atoms with Crippen molar-refractivity contribution in [2.24, 2.45) is 5.14 Å². The van der Waals surface area contributed by atoms with Crippen molar-refractivity contribution >= 4 is 33.2 Å². The van der Waals surface area contributed by atoms with E-state index >= 15 is 0 Å². The summed E-state index contributed by atoms with van der Waals surface area (Å²) >= 11 is 12.2.